The highest BCUT2D eigenvalue weighted by Crippen LogP contribution is 2.33. The smallest absolute Gasteiger partial charge is 0.122 e. The summed E-state index contributed by atoms with van der Waals surface area (Å²) in [5.41, 5.74) is 1.39. The van der Waals surface area contributed by atoms with E-state index in [-0.39, 0.29) is 0 Å². The molecule has 1 saturated carbocycles. The topological polar surface area (TPSA) is 21.3 Å². The Bertz CT molecular complexity index is 396. The molecule has 19 heavy (non-hydrogen) atoms. The quantitative estimate of drug-likeness (QED) is 0.890. The van der Waals surface area contributed by atoms with Gasteiger partial charge in [0.15, 0.2) is 0 Å². The molecule has 0 aromatic heterocycles. The second-order valence-electron chi connectivity index (χ2n) is 6.00. The number of rotatable bonds is 3. The maximum absolute atomic E-state index is 5.76. The van der Waals surface area contributed by atoms with Gasteiger partial charge in [0.2, 0.25) is 0 Å². The van der Waals surface area contributed by atoms with Gasteiger partial charge in [-0.2, -0.15) is 0 Å². The average Bonchev–Trinajstić information content (AvgIpc) is 2.81. The number of benzene rings is 1. The predicted molar refractivity (Wildman–Crippen MR) is 78.8 cm³/mol. The van der Waals surface area contributed by atoms with Crippen LogP contribution >= 0.6 is 0 Å². The molecule has 2 heteroatoms. The van der Waals surface area contributed by atoms with Gasteiger partial charge >= 0.3 is 0 Å². The van der Waals surface area contributed by atoms with Crippen molar-refractivity contribution >= 4 is 0 Å². The fourth-order valence-electron chi connectivity index (χ4n) is 3.37. The Morgan fingerprint density at radius 2 is 1.74 bits per heavy atom. The largest absolute Gasteiger partial charge is 0.493 e. The molecule has 0 spiro atoms. The summed E-state index contributed by atoms with van der Waals surface area (Å²) in [6.45, 7) is 1.92. The van der Waals surface area contributed by atoms with Gasteiger partial charge < -0.3 is 10.1 Å². The molecule has 3 rings (SSSR count). The summed E-state index contributed by atoms with van der Waals surface area (Å²) >= 11 is 0. The third kappa shape index (κ3) is 3.30. The van der Waals surface area contributed by atoms with Gasteiger partial charge in [-0.05, 0) is 18.9 Å². The first-order valence-corrected chi connectivity index (χ1v) is 7.88. The van der Waals surface area contributed by atoms with Crippen LogP contribution in [0.1, 0.15) is 56.4 Å². The van der Waals surface area contributed by atoms with Crippen LogP contribution in [0.2, 0.25) is 0 Å². The maximum atomic E-state index is 5.76. The van der Waals surface area contributed by atoms with E-state index >= 15 is 0 Å². The van der Waals surface area contributed by atoms with Crippen molar-refractivity contribution < 1.29 is 4.74 Å². The lowest BCUT2D eigenvalue weighted by Gasteiger charge is -2.22. The maximum Gasteiger partial charge on any atom is 0.122 e. The normalized spacial score (nSPS) is 24.3. The minimum absolute atomic E-state index is 0.543. The predicted octanol–water partition coefficient (Wildman–Crippen LogP) is 3.87. The Morgan fingerprint density at radius 3 is 2.58 bits per heavy atom. The van der Waals surface area contributed by atoms with Crippen LogP contribution in [0.15, 0.2) is 24.3 Å². The van der Waals surface area contributed by atoms with Crippen molar-refractivity contribution in [3.8, 4) is 5.75 Å². The molecule has 104 valence electrons. The number of hydrogen-bond donors (Lipinski definition) is 1. The molecule has 0 radical (unpaired) electrons. The van der Waals surface area contributed by atoms with E-state index in [2.05, 4.69) is 29.6 Å². The second-order valence-corrected chi connectivity index (χ2v) is 6.00. The standard InChI is InChI=1S/C17H25NO/c1-2-4-8-15(9-5-3-1)18-12-14-13-19-17-11-7-6-10-16(14)17/h6-7,10-11,14-15,18H,1-5,8-9,12-13H2. The Labute approximate surface area is 116 Å². The molecule has 1 heterocycles. The molecule has 1 N–H and O–H groups in total. The zero-order valence-corrected chi connectivity index (χ0v) is 11.7. The minimum atomic E-state index is 0.543. The van der Waals surface area contributed by atoms with E-state index in [4.69, 9.17) is 4.74 Å². The molecule has 0 saturated heterocycles. The average molecular weight is 259 g/mol. The first-order chi connectivity index (χ1) is 9.43. The van der Waals surface area contributed by atoms with Crippen molar-refractivity contribution in [2.45, 2.75) is 56.9 Å². The van der Waals surface area contributed by atoms with Gasteiger partial charge in [-0.15, -0.1) is 0 Å². The summed E-state index contributed by atoms with van der Waals surface area (Å²) in [6.07, 6.45) is 9.80. The summed E-state index contributed by atoms with van der Waals surface area (Å²) in [7, 11) is 0. The second kappa shape index (κ2) is 6.42. The van der Waals surface area contributed by atoms with Crippen LogP contribution in [0, 0.1) is 0 Å². The van der Waals surface area contributed by atoms with Crippen molar-refractivity contribution in [2.75, 3.05) is 13.2 Å². The minimum Gasteiger partial charge on any atom is -0.493 e. The van der Waals surface area contributed by atoms with Crippen molar-refractivity contribution in [1.82, 2.24) is 5.32 Å². The zero-order chi connectivity index (χ0) is 12.9. The molecule has 1 aliphatic carbocycles. The highest BCUT2D eigenvalue weighted by molar-refractivity contribution is 5.39. The van der Waals surface area contributed by atoms with Gasteiger partial charge in [-0.3, -0.25) is 0 Å². The number of para-hydroxylation sites is 1. The zero-order valence-electron chi connectivity index (χ0n) is 11.7. The summed E-state index contributed by atoms with van der Waals surface area (Å²) < 4.78 is 5.76. The van der Waals surface area contributed by atoms with Crippen LogP contribution in [0.4, 0.5) is 0 Å². The lowest BCUT2D eigenvalue weighted by Crippen LogP contribution is -2.33. The Balaban J connectivity index is 1.52. The third-order valence-corrected chi connectivity index (χ3v) is 4.56. The van der Waals surface area contributed by atoms with Crippen LogP contribution in [0.5, 0.6) is 5.75 Å². The van der Waals surface area contributed by atoms with Gasteiger partial charge in [-0.25, -0.2) is 0 Å². The van der Waals surface area contributed by atoms with E-state index < -0.39 is 0 Å². The van der Waals surface area contributed by atoms with Crippen molar-refractivity contribution in [1.29, 1.82) is 0 Å². The van der Waals surface area contributed by atoms with Crippen LogP contribution in [-0.2, 0) is 0 Å². The molecule has 2 nitrogen and oxygen atoms in total. The first kappa shape index (κ1) is 13.0. The molecule has 1 atom stereocenters. The molecule has 0 bridgehead atoms. The molecule has 0 amide bonds. The lowest BCUT2D eigenvalue weighted by molar-refractivity contribution is 0.313. The highest BCUT2D eigenvalue weighted by atomic mass is 16.5. The van der Waals surface area contributed by atoms with Crippen molar-refractivity contribution in [2.24, 2.45) is 0 Å². The molecule has 1 aliphatic heterocycles. The molecule has 2 aliphatic rings. The summed E-state index contributed by atoms with van der Waals surface area (Å²) in [6, 6.07) is 9.21. The monoisotopic (exact) mass is 259 g/mol. The fraction of sp³-hybridized carbons (Fsp3) is 0.647. The number of ether oxygens (including phenoxy) is 1. The summed E-state index contributed by atoms with van der Waals surface area (Å²) in [4.78, 5) is 0. The fourth-order valence-corrected chi connectivity index (χ4v) is 3.37. The summed E-state index contributed by atoms with van der Waals surface area (Å²) in [5, 5.41) is 3.79. The third-order valence-electron chi connectivity index (χ3n) is 4.56. The van der Waals surface area contributed by atoms with Crippen molar-refractivity contribution in [3.05, 3.63) is 29.8 Å². The van der Waals surface area contributed by atoms with E-state index in [1.807, 2.05) is 0 Å². The van der Waals surface area contributed by atoms with E-state index in [9.17, 15) is 0 Å². The molecule has 1 aromatic rings. The van der Waals surface area contributed by atoms with Gasteiger partial charge in [-0.1, -0.05) is 50.3 Å². The Hall–Kier alpha value is -1.02. The van der Waals surface area contributed by atoms with Gasteiger partial charge in [0.05, 0.1) is 6.61 Å². The van der Waals surface area contributed by atoms with Gasteiger partial charge in [0, 0.05) is 24.1 Å². The van der Waals surface area contributed by atoms with Crippen molar-refractivity contribution in [3.63, 3.8) is 0 Å². The SMILES string of the molecule is c1ccc2c(c1)OCC2CNC1CCCCCCC1. The van der Waals surface area contributed by atoms with Crippen LogP contribution in [0.25, 0.3) is 0 Å². The number of nitrogens with one attached hydrogen (secondary N) is 1. The van der Waals surface area contributed by atoms with E-state index in [0.29, 0.717) is 5.92 Å². The van der Waals surface area contributed by atoms with Crippen LogP contribution in [0.3, 0.4) is 0 Å². The van der Waals surface area contributed by atoms with E-state index in [0.717, 1.165) is 24.9 Å². The summed E-state index contributed by atoms with van der Waals surface area (Å²) in [5.74, 6) is 1.63. The molecule has 1 fully saturated rings. The molecule has 1 aromatic carbocycles. The van der Waals surface area contributed by atoms with Crippen LogP contribution < -0.4 is 10.1 Å². The number of hydrogen-bond acceptors (Lipinski definition) is 2. The van der Waals surface area contributed by atoms with Crippen LogP contribution in [-0.4, -0.2) is 19.2 Å². The first-order valence-electron chi connectivity index (χ1n) is 7.88. The molecule has 1 unspecified atom stereocenters. The molecular formula is C17H25NO. The van der Waals surface area contributed by atoms with E-state index in [1.165, 1.54) is 50.5 Å². The van der Waals surface area contributed by atoms with Gasteiger partial charge in [0.25, 0.3) is 0 Å². The van der Waals surface area contributed by atoms with Gasteiger partial charge in [0.1, 0.15) is 5.75 Å². The lowest BCUT2D eigenvalue weighted by atomic mass is 9.95. The number of fused-ring (bicyclic) bond motifs is 1. The molecular weight excluding hydrogens is 234 g/mol. The highest BCUT2D eigenvalue weighted by Gasteiger charge is 2.24. The van der Waals surface area contributed by atoms with E-state index in [1.54, 1.807) is 0 Å². The Kier molecular flexibility index (Phi) is 4.39. The Morgan fingerprint density at radius 1 is 1.00 bits per heavy atom.